The lowest BCUT2D eigenvalue weighted by atomic mass is 10.1. The molecular weight excluding hydrogens is 340 g/mol. The zero-order chi connectivity index (χ0) is 17.2. The molecule has 0 saturated carbocycles. The summed E-state index contributed by atoms with van der Waals surface area (Å²) in [5, 5.41) is 11.6. The van der Waals surface area contributed by atoms with E-state index >= 15 is 0 Å². The molecular formula is C18H15ClN4O2. The second-order valence-corrected chi connectivity index (χ2v) is 6.17. The third-order valence-corrected chi connectivity index (χ3v) is 4.34. The summed E-state index contributed by atoms with van der Waals surface area (Å²) in [5.41, 5.74) is 2.70. The van der Waals surface area contributed by atoms with Gasteiger partial charge in [-0.25, -0.2) is 4.68 Å². The minimum Gasteiger partial charge on any atom is -0.365 e. The van der Waals surface area contributed by atoms with Crippen LogP contribution in [0.1, 0.15) is 27.8 Å². The quantitative estimate of drug-likeness (QED) is 0.782. The number of hydrogen-bond donors (Lipinski definition) is 1. The van der Waals surface area contributed by atoms with Crippen molar-refractivity contribution < 1.29 is 9.53 Å². The lowest BCUT2D eigenvalue weighted by Gasteiger charge is -2.24. The number of para-hydroxylation sites is 1. The van der Waals surface area contributed by atoms with E-state index in [0.29, 0.717) is 28.6 Å². The second-order valence-electron chi connectivity index (χ2n) is 5.74. The summed E-state index contributed by atoms with van der Waals surface area (Å²) in [4.78, 5) is 12.4. The van der Waals surface area contributed by atoms with Gasteiger partial charge in [0.05, 0.1) is 18.8 Å². The highest BCUT2D eigenvalue weighted by atomic mass is 35.5. The summed E-state index contributed by atoms with van der Waals surface area (Å²) in [6.45, 7) is 0.778. The third-order valence-electron chi connectivity index (χ3n) is 4.09. The van der Waals surface area contributed by atoms with E-state index in [4.69, 9.17) is 16.3 Å². The van der Waals surface area contributed by atoms with E-state index in [1.54, 1.807) is 4.68 Å². The molecule has 1 aromatic heterocycles. The number of nitrogens with one attached hydrogen (secondary N) is 1. The Kier molecular flexibility index (Phi) is 4.21. The molecule has 25 heavy (non-hydrogen) atoms. The topological polar surface area (TPSA) is 69.0 Å². The summed E-state index contributed by atoms with van der Waals surface area (Å²) >= 11 is 5.92. The summed E-state index contributed by atoms with van der Waals surface area (Å²) in [6.07, 6.45) is -0.142. The van der Waals surface area contributed by atoms with Gasteiger partial charge in [0.1, 0.15) is 6.10 Å². The van der Waals surface area contributed by atoms with E-state index in [2.05, 4.69) is 15.6 Å². The molecule has 126 valence electrons. The molecule has 7 heteroatoms. The first-order valence-electron chi connectivity index (χ1n) is 7.86. The van der Waals surface area contributed by atoms with Crippen LogP contribution in [0.3, 0.4) is 0 Å². The van der Waals surface area contributed by atoms with E-state index in [1.165, 1.54) is 0 Å². The molecule has 2 heterocycles. The largest absolute Gasteiger partial charge is 0.365 e. The number of nitrogens with zero attached hydrogens (tertiary/aromatic N) is 3. The van der Waals surface area contributed by atoms with Gasteiger partial charge in [-0.2, -0.15) is 0 Å². The van der Waals surface area contributed by atoms with Crippen LogP contribution in [0.5, 0.6) is 0 Å². The van der Waals surface area contributed by atoms with E-state index in [1.807, 2.05) is 54.6 Å². The van der Waals surface area contributed by atoms with Crippen molar-refractivity contribution in [3.8, 4) is 0 Å². The normalized spacial score (nSPS) is 16.3. The average Bonchev–Trinajstić information content (AvgIpc) is 3.06. The molecule has 0 radical (unpaired) electrons. The minimum atomic E-state index is -0.291. The zero-order valence-electron chi connectivity index (χ0n) is 13.2. The van der Waals surface area contributed by atoms with E-state index < -0.39 is 0 Å². The smallest absolute Gasteiger partial charge is 0.278 e. The molecule has 2 aromatic carbocycles. The first-order chi connectivity index (χ1) is 12.2. The second kappa shape index (κ2) is 6.66. The molecule has 0 unspecified atom stereocenters. The Labute approximate surface area is 149 Å². The summed E-state index contributed by atoms with van der Waals surface area (Å²) in [5.74, 6) is -0.291. The Morgan fingerprint density at radius 2 is 1.92 bits per heavy atom. The molecule has 1 N–H and O–H groups in total. The molecule has 0 aliphatic carbocycles. The number of anilines is 1. The SMILES string of the molecule is O=C(Nc1ccccc1)c1nnn2c1CO[C@@H](c1ccc(Cl)cc1)C2. The number of ether oxygens (including phenoxy) is 1. The minimum absolute atomic E-state index is 0.142. The summed E-state index contributed by atoms with van der Waals surface area (Å²) in [7, 11) is 0. The third kappa shape index (κ3) is 3.26. The first kappa shape index (κ1) is 15.8. The van der Waals surface area contributed by atoms with Crippen LogP contribution in [0.25, 0.3) is 0 Å². The van der Waals surface area contributed by atoms with Crippen molar-refractivity contribution in [2.24, 2.45) is 0 Å². The maximum atomic E-state index is 12.4. The van der Waals surface area contributed by atoms with Crippen molar-refractivity contribution in [3.63, 3.8) is 0 Å². The Bertz CT molecular complexity index is 893. The van der Waals surface area contributed by atoms with Crippen LogP contribution in [-0.4, -0.2) is 20.9 Å². The maximum absolute atomic E-state index is 12.4. The molecule has 0 saturated heterocycles. The van der Waals surface area contributed by atoms with Crippen molar-refractivity contribution in [3.05, 3.63) is 76.6 Å². The lowest BCUT2D eigenvalue weighted by Crippen LogP contribution is -2.24. The van der Waals surface area contributed by atoms with Crippen LogP contribution in [0.4, 0.5) is 5.69 Å². The van der Waals surface area contributed by atoms with Crippen molar-refractivity contribution >= 4 is 23.2 Å². The number of hydrogen-bond acceptors (Lipinski definition) is 4. The van der Waals surface area contributed by atoms with Crippen LogP contribution >= 0.6 is 11.6 Å². The molecule has 0 bridgehead atoms. The number of halogens is 1. The molecule has 0 fully saturated rings. The average molecular weight is 355 g/mol. The van der Waals surface area contributed by atoms with Crippen LogP contribution in [0.2, 0.25) is 5.02 Å². The zero-order valence-corrected chi connectivity index (χ0v) is 14.0. The fourth-order valence-electron chi connectivity index (χ4n) is 2.78. The van der Waals surface area contributed by atoms with Gasteiger partial charge in [0, 0.05) is 10.7 Å². The van der Waals surface area contributed by atoms with Gasteiger partial charge < -0.3 is 10.1 Å². The molecule has 0 spiro atoms. The predicted molar refractivity (Wildman–Crippen MR) is 93.4 cm³/mol. The number of amides is 1. The van der Waals surface area contributed by atoms with Gasteiger partial charge in [-0.1, -0.05) is 47.1 Å². The number of rotatable bonds is 3. The highest BCUT2D eigenvalue weighted by Gasteiger charge is 2.27. The van der Waals surface area contributed by atoms with E-state index in [9.17, 15) is 4.79 Å². The Morgan fingerprint density at radius 3 is 2.68 bits per heavy atom. The van der Waals surface area contributed by atoms with Crippen LogP contribution in [-0.2, 0) is 17.9 Å². The number of fused-ring (bicyclic) bond motifs is 1. The Hall–Kier alpha value is -2.70. The number of aromatic nitrogens is 3. The van der Waals surface area contributed by atoms with Crippen LogP contribution in [0.15, 0.2) is 54.6 Å². The van der Waals surface area contributed by atoms with Gasteiger partial charge in [0.2, 0.25) is 0 Å². The van der Waals surface area contributed by atoms with Crippen molar-refractivity contribution in [1.82, 2.24) is 15.0 Å². The maximum Gasteiger partial charge on any atom is 0.278 e. The monoisotopic (exact) mass is 354 g/mol. The standard InChI is InChI=1S/C18H15ClN4O2/c19-13-8-6-12(7-9-13)16-10-23-15(11-25-16)17(21-22-23)18(24)20-14-4-2-1-3-5-14/h1-9,16H,10-11H2,(H,20,24)/t16-/m1/s1. The van der Waals surface area contributed by atoms with Gasteiger partial charge >= 0.3 is 0 Å². The number of benzene rings is 2. The Morgan fingerprint density at radius 1 is 1.16 bits per heavy atom. The summed E-state index contributed by atoms with van der Waals surface area (Å²) in [6, 6.07) is 16.8. The molecule has 6 nitrogen and oxygen atoms in total. The fraction of sp³-hybridized carbons (Fsp3) is 0.167. The van der Waals surface area contributed by atoms with Gasteiger partial charge in [0.15, 0.2) is 5.69 Å². The lowest BCUT2D eigenvalue weighted by molar-refractivity contribution is -0.00171. The Balaban J connectivity index is 1.52. The number of carbonyl (C=O) groups is 1. The van der Waals surface area contributed by atoms with Crippen molar-refractivity contribution in [2.45, 2.75) is 19.3 Å². The summed E-state index contributed by atoms with van der Waals surface area (Å²) < 4.78 is 7.63. The molecule has 3 aromatic rings. The van der Waals surface area contributed by atoms with Gasteiger partial charge in [0.25, 0.3) is 5.91 Å². The van der Waals surface area contributed by atoms with Crippen molar-refractivity contribution in [2.75, 3.05) is 5.32 Å². The fourth-order valence-corrected chi connectivity index (χ4v) is 2.90. The van der Waals surface area contributed by atoms with Gasteiger partial charge in [-0.05, 0) is 29.8 Å². The van der Waals surface area contributed by atoms with Crippen molar-refractivity contribution in [1.29, 1.82) is 0 Å². The molecule has 1 aliphatic heterocycles. The molecule has 1 atom stereocenters. The highest BCUT2D eigenvalue weighted by molar-refractivity contribution is 6.30. The first-order valence-corrected chi connectivity index (χ1v) is 8.24. The van der Waals surface area contributed by atoms with E-state index in [0.717, 1.165) is 5.56 Å². The van der Waals surface area contributed by atoms with Crippen LogP contribution in [0, 0.1) is 0 Å². The van der Waals surface area contributed by atoms with Gasteiger partial charge in [-0.15, -0.1) is 5.10 Å². The molecule has 1 aliphatic rings. The van der Waals surface area contributed by atoms with E-state index in [-0.39, 0.29) is 18.6 Å². The number of carbonyl (C=O) groups excluding carboxylic acids is 1. The molecule has 1 amide bonds. The van der Waals surface area contributed by atoms with Gasteiger partial charge in [-0.3, -0.25) is 4.79 Å². The highest BCUT2D eigenvalue weighted by Crippen LogP contribution is 2.28. The van der Waals surface area contributed by atoms with Crippen LogP contribution < -0.4 is 5.32 Å². The predicted octanol–water partition coefficient (Wildman–Crippen LogP) is 3.46. The molecule has 4 rings (SSSR count).